The van der Waals surface area contributed by atoms with Crippen LogP contribution in [0.15, 0.2) is 200 Å². The molecule has 60 heavy (non-hydrogen) atoms. The fourth-order valence-corrected chi connectivity index (χ4v) is 8.66. The van der Waals surface area contributed by atoms with E-state index < -0.39 is 11.7 Å². The largest absolute Gasteiger partial charge is 0.416 e. The molecule has 0 N–H and O–H groups in total. The number of benzene rings is 8. The third kappa shape index (κ3) is 5.85. The van der Waals surface area contributed by atoms with E-state index in [2.05, 4.69) is 81.9 Å². The average Bonchev–Trinajstić information content (AvgIpc) is 3.81. The lowest BCUT2D eigenvalue weighted by atomic mass is 9.97. The van der Waals surface area contributed by atoms with Gasteiger partial charge in [-0.1, -0.05) is 133 Å². The SMILES string of the molecule is FC(F)(F)c1ccc2c(c1)c1ccccc1n2-c1ccc(-c2nc(-c3ccccc3)cc(-c3ccccc3)n2)cc1-c1ccccc1-n1c2ccccc2c2ccccc21. The highest BCUT2D eigenvalue weighted by molar-refractivity contribution is 6.11. The third-order valence-electron chi connectivity index (χ3n) is 11.4. The molecule has 0 amide bonds. The van der Waals surface area contributed by atoms with Gasteiger partial charge in [0.25, 0.3) is 0 Å². The van der Waals surface area contributed by atoms with Crippen molar-refractivity contribution >= 4 is 43.6 Å². The number of halogens is 3. The van der Waals surface area contributed by atoms with Crippen molar-refractivity contribution in [3.8, 4) is 56.4 Å². The standard InChI is InChI=1S/C53H33F3N4/c54-53(55,56)37-28-30-51-43(32-37)41-22-10-14-26-49(41)60(51)50-29-27-36(52-57-44(34-15-3-1-4-16-34)33-45(58-52)35-17-5-2-6-18-35)31-42(50)40-21-9-13-25-48(40)59-46-23-11-7-19-38(46)39-20-8-12-24-47(39)59/h1-33H. The van der Waals surface area contributed by atoms with E-state index in [1.165, 1.54) is 12.1 Å². The first kappa shape index (κ1) is 35.4. The monoisotopic (exact) mass is 782 g/mol. The van der Waals surface area contributed by atoms with E-state index in [1.54, 1.807) is 6.07 Å². The quantitative estimate of drug-likeness (QED) is 0.168. The van der Waals surface area contributed by atoms with Crippen molar-refractivity contribution < 1.29 is 13.2 Å². The molecule has 8 aromatic carbocycles. The van der Waals surface area contributed by atoms with Crippen LogP contribution < -0.4 is 0 Å². The van der Waals surface area contributed by atoms with Crippen LogP contribution in [0.4, 0.5) is 13.2 Å². The van der Waals surface area contributed by atoms with Gasteiger partial charge in [-0.25, -0.2) is 9.97 Å². The maximum absolute atomic E-state index is 14.2. The first-order valence-corrected chi connectivity index (χ1v) is 19.7. The van der Waals surface area contributed by atoms with Gasteiger partial charge in [0, 0.05) is 49.4 Å². The molecule has 3 heterocycles. The molecule has 0 aliphatic rings. The summed E-state index contributed by atoms with van der Waals surface area (Å²) in [6.45, 7) is 0. The van der Waals surface area contributed by atoms with Crippen LogP contribution in [-0.4, -0.2) is 19.1 Å². The van der Waals surface area contributed by atoms with E-state index in [0.717, 1.165) is 83.3 Å². The molecular formula is C53H33F3N4. The van der Waals surface area contributed by atoms with Gasteiger partial charge in [0.15, 0.2) is 5.82 Å². The number of aromatic nitrogens is 4. The van der Waals surface area contributed by atoms with Gasteiger partial charge in [0.1, 0.15) is 0 Å². The summed E-state index contributed by atoms with van der Waals surface area (Å²) in [6.07, 6.45) is -4.49. The first-order chi connectivity index (χ1) is 29.4. The number of alkyl halides is 3. The van der Waals surface area contributed by atoms with Crippen molar-refractivity contribution in [2.45, 2.75) is 6.18 Å². The maximum atomic E-state index is 14.2. The van der Waals surface area contributed by atoms with Gasteiger partial charge in [0.05, 0.1) is 50.4 Å². The molecule has 0 aliphatic carbocycles. The van der Waals surface area contributed by atoms with Gasteiger partial charge >= 0.3 is 6.18 Å². The van der Waals surface area contributed by atoms with Crippen LogP contribution >= 0.6 is 0 Å². The lowest BCUT2D eigenvalue weighted by Gasteiger charge is -2.20. The molecule has 4 nitrogen and oxygen atoms in total. The van der Waals surface area contributed by atoms with Gasteiger partial charge in [0.2, 0.25) is 0 Å². The summed E-state index contributed by atoms with van der Waals surface area (Å²) in [5.41, 5.74) is 10.8. The Labute approximate surface area is 343 Å². The Hall–Kier alpha value is -7.77. The molecule has 286 valence electrons. The molecule has 0 aliphatic heterocycles. The fraction of sp³-hybridized carbons (Fsp3) is 0.0189. The van der Waals surface area contributed by atoms with Gasteiger partial charge in [-0.15, -0.1) is 0 Å². The normalized spacial score (nSPS) is 11.9. The highest BCUT2D eigenvalue weighted by Gasteiger charge is 2.31. The highest BCUT2D eigenvalue weighted by Crippen LogP contribution is 2.43. The van der Waals surface area contributed by atoms with Crippen molar-refractivity contribution in [3.63, 3.8) is 0 Å². The number of hydrogen-bond donors (Lipinski definition) is 0. The molecule has 0 bridgehead atoms. The zero-order chi connectivity index (χ0) is 40.4. The first-order valence-electron chi connectivity index (χ1n) is 19.7. The van der Waals surface area contributed by atoms with Crippen LogP contribution in [0, 0.1) is 0 Å². The van der Waals surface area contributed by atoms with E-state index in [4.69, 9.17) is 9.97 Å². The second kappa shape index (κ2) is 14.0. The fourth-order valence-electron chi connectivity index (χ4n) is 8.66. The molecule has 0 atom stereocenters. The van der Waals surface area contributed by atoms with Crippen molar-refractivity contribution in [2.75, 3.05) is 0 Å². The predicted molar refractivity (Wildman–Crippen MR) is 237 cm³/mol. The smallest absolute Gasteiger partial charge is 0.309 e. The van der Waals surface area contributed by atoms with E-state index in [0.29, 0.717) is 16.7 Å². The summed E-state index contributed by atoms with van der Waals surface area (Å²) < 4.78 is 47.0. The van der Waals surface area contributed by atoms with E-state index >= 15 is 0 Å². The zero-order valence-electron chi connectivity index (χ0n) is 32.0. The second-order valence-corrected chi connectivity index (χ2v) is 14.9. The summed E-state index contributed by atoms with van der Waals surface area (Å²) in [7, 11) is 0. The van der Waals surface area contributed by atoms with Crippen molar-refractivity contribution in [3.05, 3.63) is 206 Å². The minimum absolute atomic E-state index is 0.525. The zero-order valence-corrected chi connectivity index (χ0v) is 32.0. The number of hydrogen-bond acceptors (Lipinski definition) is 2. The molecular weight excluding hydrogens is 750 g/mol. The molecule has 0 saturated carbocycles. The van der Waals surface area contributed by atoms with Gasteiger partial charge in [-0.05, 0) is 66.7 Å². The Morgan fingerprint density at radius 1 is 0.350 bits per heavy atom. The number of nitrogens with zero attached hydrogens (tertiary/aromatic N) is 4. The summed E-state index contributed by atoms with van der Waals surface area (Å²) in [5, 5.41) is 3.53. The Kier molecular flexibility index (Phi) is 8.23. The lowest BCUT2D eigenvalue weighted by molar-refractivity contribution is -0.137. The molecule has 0 radical (unpaired) electrons. The average molecular weight is 783 g/mol. The van der Waals surface area contributed by atoms with Crippen molar-refractivity contribution in [2.24, 2.45) is 0 Å². The van der Waals surface area contributed by atoms with Crippen LogP contribution in [0.2, 0.25) is 0 Å². The second-order valence-electron chi connectivity index (χ2n) is 14.9. The Bertz CT molecular complexity index is 3310. The van der Waals surface area contributed by atoms with Crippen LogP contribution in [0.1, 0.15) is 5.56 Å². The number of rotatable bonds is 6. The topological polar surface area (TPSA) is 35.6 Å². The summed E-state index contributed by atoms with van der Waals surface area (Å²) >= 11 is 0. The molecule has 0 unspecified atom stereocenters. The molecule has 11 rings (SSSR count). The molecule has 3 aromatic heterocycles. The Balaban J connectivity index is 1.22. The minimum atomic E-state index is -4.49. The maximum Gasteiger partial charge on any atom is 0.416 e. The molecule has 0 saturated heterocycles. The van der Waals surface area contributed by atoms with Crippen LogP contribution in [0.25, 0.3) is 100 Å². The highest BCUT2D eigenvalue weighted by atomic mass is 19.4. The van der Waals surface area contributed by atoms with E-state index in [1.807, 2.05) is 109 Å². The van der Waals surface area contributed by atoms with Crippen LogP contribution in [-0.2, 0) is 6.18 Å². The minimum Gasteiger partial charge on any atom is -0.309 e. The van der Waals surface area contributed by atoms with Crippen molar-refractivity contribution in [1.29, 1.82) is 0 Å². The Morgan fingerprint density at radius 2 is 0.817 bits per heavy atom. The summed E-state index contributed by atoms with van der Waals surface area (Å²) in [6, 6.07) is 65.2. The lowest BCUT2D eigenvalue weighted by Crippen LogP contribution is -2.05. The van der Waals surface area contributed by atoms with E-state index in [9.17, 15) is 13.2 Å². The van der Waals surface area contributed by atoms with Crippen LogP contribution in [0.5, 0.6) is 0 Å². The van der Waals surface area contributed by atoms with Crippen molar-refractivity contribution in [1.82, 2.24) is 19.1 Å². The molecule has 0 fully saturated rings. The summed E-state index contributed by atoms with van der Waals surface area (Å²) in [4.78, 5) is 10.4. The summed E-state index contributed by atoms with van der Waals surface area (Å²) in [5.74, 6) is 0.550. The number of para-hydroxylation sites is 4. The molecule has 11 aromatic rings. The number of fused-ring (bicyclic) bond motifs is 6. The van der Waals surface area contributed by atoms with Gasteiger partial charge < -0.3 is 9.13 Å². The van der Waals surface area contributed by atoms with Gasteiger partial charge in [-0.2, -0.15) is 13.2 Å². The molecule has 0 spiro atoms. The Morgan fingerprint density at radius 3 is 1.38 bits per heavy atom. The molecule has 7 heteroatoms. The van der Waals surface area contributed by atoms with Gasteiger partial charge in [-0.3, -0.25) is 0 Å². The third-order valence-corrected chi connectivity index (χ3v) is 11.4. The van der Waals surface area contributed by atoms with E-state index in [-0.39, 0.29) is 0 Å². The van der Waals surface area contributed by atoms with Crippen LogP contribution in [0.3, 0.4) is 0 Å². The predicted octanol–water partition coefficient (Wildman–Crippen LogP) is 14.4.